The van der Waals surface area contributed by atoms with E-state index in [9.17, 15) is 23.2 Å². The van der Waals surface area contributed by atoms with E-state index < -0.39 is 11.7 Å². The van der Waals surface area contributed by atoms with E-state index in [1.807, 2.05) is 6.07 Å². The Bertz CT molecular complexity index is 1400. The molecule has 0 spiro atoms. The van der Waals surface area contributed by atoms with E-state index in [1.165, 1.54) is 36.2 Å². The maximum atomic E-state index is 13.9. The molecule has 3 unspecified atom stereocenters. The number of fused-ring (bicyclic) bond motifs is 3. The quantitative estimate of drug-likeness (QED) is 0.471. The summed E-state index contributed by atoms with van der Waals surface area (Å²) in [4.78, 5) is 22.4. The zero-order valence-electron chi connectivity index (χ0n) is 21.3. The van der Waals surface area contributed by atoms with Gasteiger partial charge in [-0.1, -0.05) is 0 Å². The number of benzene rings is 1. The average molecular weight is 527 g/mol. The van der Waals surface area contributed by atoms with Crippen LogP contribution >= 0.6 is 0 Å². The summed E-state index contributed by atoms with van der Waals surface area (Å²) < 4.78 is 49.0. The Balaban J connectivity index is 1.25. The highest BCUT2D eigenvalue weighted by Gasteiger charge is 2.39. The number of carbonyl (C=O) groups excluding carboxylic acids is 1. The van der Waals surface area contributed by atoms with Gasteiger partial charge in [0.1, 0.15) is 23.9 Å². The smallest absolute Gasteiger partial charge is 0.419 e. The molecule has 2 fully saturated rings. The summed E-state index contributed by atoms with van der Waals surface area (Å²) in [5.74, 6) is 0.164. The maximum Gasteiger partial charge on any atom is 0.419 e. The van der Waals surface area contributed by atoms with Crippen LogP contribution in [0.2, 0.25) is 0 Å². The van der Waals surface area contributed by atoms with Crippen molar-refractivity contribution in [1.29, 1.82) is 5.26 Å². The number of aromatic nitrogens is 3. The van der Waals surface area contributed by atoms with Crippen molar-refractivity contribution in [3.05, 3.63) is 41.9 Å². The summed E-state index contributed by atoms with van der Waals surface area (Å²) >= 11 is 0. The molecule has 1 N–H and O–H groups in total. The number of ether oxygens (including phenoxy) is 1. The van der Waals surface area contributed by atoms with Gasteiger partial charge in [0.15, 0.2) is 5.69 Å². The Morgan fingerprint density at radius 1 is 1.32 bits per heavy atom. The number of hydrogen-bond acceptors (Lipinski definition) is 6. The molecule has 4 heterocycles. The van der Waals surface area contributed by atoms with E-state index in [0.29, 0.717) is 35.5 Å². The van der Waals surface area contributed by atoms with Gasteiger partial charge in [0.2, 0.25) is 5.91 Å². The molecule has 2 bridgehead atoms. The fourth-order valence-corrected chi connectivity index (χ4v) is 5.56. The van der Waals surface area contributed by atoms with Crippen molar-refractivity contribution in [2.45, 2.75) is 50.4 Å². The van der Waals surface area contributed by atoms with Crippen molar-refractivity contribution in [3.63, 3.8) is 0 Å². The number of amides is 1. The largest absolute Gasteiger partial charge is 0.491 e. The molecule has 3 atom stereocenters. The molecule has 0 aliphatic carbocycles. The molecular weight excluding hydrogens is 497 g/mol. The van der Waals surface area contributed by atoms with Crippen LogP contribution in [-0.4, -0.2) is 57.6 Å². The standard InChI is InChI=1S/C27H29F3N6O2/c1-35(25(37)8-4-16-11-18-5-6-20(16)33-18)9-10-38-24-7-3-17(12-19(24)27(28,29)30)21-13-23-26(22(14-31)34-21)32-15-36(23)2/h3,7,12-13,15-16,18,20,33H,4-6,8-11H2,1-2H3. The van der Waals surface area contributed by atoms with Crippen molar-refractivity contribution in [1.82, 2.24) is 24.8 Å². The highest BCUT2D eigenvalue weighted by Crippen LogP contribution is 2.39. The maximum absolute atomic E-state index is 13.9. The van der Waals surface area contributed by atoms with Gasteiger partial charge in [-0.2, -0.15) is 18.4 Å². The van der Waals surface area contributed by atoms with Gasteiger partial charge < -0.3 is 19.5 Å². The summed E-state index contributed by atoms with van der Waals surface area (Å²) in [6, 6.07) is 8.37. The summed E-state index contributed by atoms with van der Waals surface area (Å²) in [5, 5.41) is 13.0. The third-order valence-electron chi connectivity index (χ3n) is 7.67. The van der Waals surface area contributed by atoms with Gasteiger partial charge in [0.25, 0.3) is 0 Å². The molecule has 38 heavy (non-hydrogen) atoms. The Morgan fingerprint density at radius 2 is 2.13 bits per heavy atom. The van der Waals surface area contributed by atoms with Crippen LogP contribution in [-0.2, 0) is 18.0 Å². The number of alkyl halides is 3. The van der Waals surface area contributed by atoms with E-state index in [4.69, 9.17) is 4.74 Å². The van der Waals surface area contributed by atoms with Crippen LogP contribution in [0.3, 0.4) is 0 Å². The lowest BCUT2D eigenvalue weighted by molar-refractivity contribution is -0.139. The molecule has 2 saturated heterocycles. The molecule has 0 saturated carbocycles. The zero-order chi connectivity index (χ0) is 27.0. The van der Waals surface area contributed by atoms with Crippen LogP contribution in [0.4, 0.5) is 13.2 Å². The Hall–Kier alpha value is -3.65. The Labute approximate surface area is 218 Å². The van der Waals surface area contributed by atoms with Gasteiger partial charge in [0, 0.05) is 38.2 Å². The van der Waals surface area contributed by atoms with E-state index in [0.717, 1.165) is 18.9 Å². The van der Waals surface area contributed by atoms with E-state index in [-0.39, 0.29) is 41.8 Å². The molecule has 0 radical (unpaired) electrons. The molecular formula is C27H29F3N6O2. The fraction of sp³-hybridized carbons (Fsp3) is 0.481. The molecule has 3 aromatic rings. The molecule has 8 nitrogen and oxygen atoms in total. The number of hydrogen-bond donors (Lipinski definition) is 1. The van der Waals surface area contributed by atoms with Gasteiger partial charge in [0.05, 0.1) is 29.6 Å². The summed E-state index contributed by atoms with van der Waals surface area (Å²) in [6.07, 6.45) is 1.59. The van der Waals surface area contributed by atoms with Crippen molar-refractivity contribution in [2.24, 2.45) is 13.0 Å². The SMILES string of the molecule is CN(CCOc1ccc(-c2cc3c(ncn3C)c(C#N)n2)cc1C(F)(F)F)C(=O)CCC1CC2CCC1N2. The number of imidazole rings is 1. The molecule has 2 aliphatic heterocycles. The highest BCUT2D eigenvalue weighted by atomic mass is 19.4. The van der Waals surface area contributed by atoms with Crippen LogP contribution in [0.5, 0.6) is 5.75 Å². The first-order chi connectivity index (χ1) is 18.1. The first kappa shape index (κ1) is 26.0. The second-order valence-corrected chi connectivity index (χ2v) is 10.1. The average Bonchev–Trinajstić information content (AvgIpc) is 3.62. The lowest BCUT2D eigenvalue weighted by Crippen LogP contribution is -2.32. The third kappa shape index (κ3) is 5.18. The lowest BCUT2D eigenvalue weighted by atomic mass is 9.86. The molecule has 1 aromatic carbocycles. The second-order valence-electron chi connectivity index (χ2n) is 10.1. The first-order valence-electron chi connectivity index (χ1n) is 12.7. The van der Waals surface area contributed by atoms with Gasteiger partial charge in [-0.15, -0.1) is 0 Å². The van der Waals surface area contributed by atoms with E-state index >= 15 is 0 Å². The van der Waals surface area contributed by atoms with Gasteiger partial charge >= 0.3 is 6.18 Å². The lowest BCUT2D eigenvalue weighted by Gasteiger charge is -2.22. The van der Waals surface area contributed by atoms with Gasteiger partial charge in [-0.05, 0) is 55.9 Å². The summed E-state index contributed by atoms with van der Waals surface area (Å²) in [5.41, 5.74) is 0.498. The number of pyridine rings is 1. The van der Waals surface area contributed by atoms with Crippen molar-refractivity contribution in [2.75, 3.05) is 20.2 Å². The third-order valence-corrected chi connectivity index (χ3v) is 7.67. The van der Waals surface area contributed by atoms with Crippen LogP contribution in [0.25, 0.3) is 22.3 Å². The minimum Gasteiger partial charge on any atom is -0.491 e. The zero-order valence-corrected chi connectivity index (χ0v) is 21.3. The van der Waals surface area contributed by atoms with Crippen LogP contribution in [0.1, 0.15) is 43.4 Å². The van der Waals surface area contributed by atoms with Crippen molar-refractivity contribution >= 4 is 16.9 Å². The van der Waals surface area contributed by atoms with Crippen molar-refractivity contribution < 1.29 is 22.7 Å². The predicted octanol–water partition coefficient (Wildman–Crippen LogP) is 4.28. The van der Waals surface area contributed by atoms with Crippen LogP contribution in [0, 0.1) is 17.2 Å². The number of nitrogens with one attached hydrogen (secondary N) is 1. The normalized spacial score (nSPS) is 20.6. The summed E-state index contributed by atoms with van der Waals surface area (Å²) in [6.45, 7) is 0.106. The minimum absolute atomic E-state index is 0.0345. The number of aryl methyl sites for hydroxylation is 1. The minimum atomic E-state index is -4.67. The number of nitriles is 1. The van der Waals surface area contributed by atoms with Gasteiger partial charge in [-0.3, -0.25) is 4.79 Å². The van der Waals surface area contributed by atoms with Crippen molar-refractivity contribution in [3.8, 4) is 23.1 Å². The number of halogens is 3. The molecule has 11 heteroatoms. The molecule has 2 aliphatic rings. The molecule has 1 amide bonds. The number of likely N-dealkylation sites (N-methyl/N-ethyl adjacent to an activating group) is 1. The second kappa shape index (κ2) is 10.3. The Morgan fingerprint density at radius 3 is 2.82 bits per heavy atom. The number of carbonyl (C=O) groups is 1. The molecule has 5 rings (SSSR count). The van der Waals surface area contributed by atoms with E-state index in [1.54, 1.807) is 24.7 Å². The molecule has 200 valence electrons. The Kier molecular flexibility index (Phi) is 7.01. The highest BCUT2D eigenvalue weighted by molar-refractivity contribution is 5.84. The van der Waals surface area contributed by atoms with Crippen LogP contribution < -0.4 is 10.1 Å². The summed E-state index contributed by atoms with van der Waals surface area (Å²) in [7, 11) is 3.38. The van der Waals surface area contributed by atoms with Gasteiger partial charge in [-0.25, -0.2) is 9.97 Å². The van der Waals surface area contributed by atoms with Crippen LogP contribution in [0.15, 0.2) is 30.6 Å². The number of nitrogens with zero attached hydrogens (tertiary/aromatic N) is 5. The monoisotopic (exact) mass is 526 g/mol. The number of rotatable bonds is 8. The predicted molar refractivity (Wildman–Crippen MR) is 134 cm³/mol. The first-order valence-corrected chi connectivity index (χ1v) is 12.7. The topological polar surface area (TPSA) is 96.1 Å². The fourth-order valence-electron chi connectivity index (χ4n) is 5.56. The molecule has 2 aromatic heterocycles. The van der Waals surface area contributed by atoms with E-state index in [2.05, 4.69) is 15.3 Å².